The van der Waals surface area contributed by atoms with Gasteiger partial charge in [0.05, 0.1) is 59.6 Å². The van der Waals surface area contributed by atoms with Crippen LogP contribution in [0, 0.1) is 11.8 Å². The summed E-state index contributed by atoms with van der Waals surface area (Å²) in [6.45, 7) is 5.23. The molecule has 228 valence electrons. The van der Waals surface area contributed by atoms with Crippen molar-refractivity contribution < 1.29 is 19.1 Å². The summed E-state index contributed by atoms with van der Waals surface area (Å²) in [5.74, 6) is 7.00. The number of aromatic amines is 1. The first kappa shape index (κ1) is 29.8. The van der Waals surface area contributed by atoms with Crippen LogP contribution in [0.3, 0.4) is 0 Å². The van der Waals surface area contributed by atoms with E-state index in [9.17, 15) is 9.59 Å². The Morgan fingerprint density at radius 1 is 1.34 bits per heavy atom. The van der Waals surface area contributed by atoms with Crippen molar-refractivity contribution in [2.24, 2.45) is 0 Å². The Hall–Kier alpha value is -4.30. The second-order valence-corrected chi connectivity index (χ2v) is 11.7. The molecule has 44 heavy (non-hydrogen) atoms. The minimum absolute atomic E-state index is 0.0534. The van der Waals surface area contributed by atoms with Crippen LogP contribution < -0.4 is 20.7 Å². The number of halogens is 1. The Balaban J connectivity index is 1.32. The Kier molecular flexibility index (Phi) is 8.62. The quantitative estimate of drug-likeness (QED) is 0.223. The van der Waals surface area contributed by atoms with Gasteiger partial charge in [-0.05, 0) is 38.0 Å². The van der Waals surface area contributed by atoms with Crippen molar-refractivity contribution in [2.75, 3.05) is 45.3 Å². The number of rotatable bonds is 8. The third-order valence-corrected chi connectivity index (χ3v) is 8.58. The first-order chi connectivity index (χ1) is 21.4. The van der Waals surface area contributed by atoms with E-state index in [0.717, 1.165) is 24.1 Å². The van der Waals surface area contributed by atoms with Gasteiger partial charge in [0.15, 0.2) is 5.75 Å². The van der Waals surface area contributed by atoms with Crippen LogP contribution in [0.4, 0.5) is 11.4 Å². The van der Waals surface area contributed by atoms with Crippen LogP contribution in [0.25, 0.3) is 11.3 Å². The van der Waals surface area contributed by atoms with Crippen LogP contribution in [-0.2, 0) is 16.0 Å². The molecule has 0 radical (unpaired) electrons. The Morgan fingerprint density at radius 2 is 2.20 bits per heavy atom. The SMILES string of the molecule is COc1c(Cl)cccc1Nc1c(-c2ccncc2C#C[C@@]2(C)CCCN2C(=O)/C=C/CNC2COC2)[nH]c2c1C(=O)NCC2. The number of benzene rings is 1. The Bertz CT molecular complexity index is 1670. The smallest absolute Gasteiger partial charge is 0.255 e. The first-order valence-electron chi connectivity index (χ1n) is 14.8. The zero-order valence-corrected chi connectivity index (χ0v) is 25.5. The van der Waals surface area contributed by atoms with E-state index in [2.05, 4.69) is 37.8 Å². The number of H-pyrrole nitrogens is 1. The third kappa shape index (κ3) is 5.91. The third-order valence-electron chi connectivity index (χ3n) is 8.28. The molecule has 0 saturated carbocycles. The molecule has 1 atom stereocenters. The molecular weight excluding hydrogens is 580 g/mol. The van der Waals surface area contributed by atoms with Gasteiger partial charge in [0, 0.05) is 55.8 Å². The van der Waals surface area contributed by atoms with Crippen molar-refractivity contribution in [1.82, 2.24) is 25.5 Å². The van der Waals surface area contributed by atoms with E-state index in [1.54, 1.807) is 31.6 Å². The minimum Gasteiger partial charge on any atom is -0.493 e. The number of ether oxygens (including phenoxy) is 2. The maximum atomic E-state index is 13.2. The number of aromatic nitrogens is 2. The van der Waals surface area contributed by atoms with Crippen LogP contribution in [0.2, 0.25) is 5.02 Å². The molecule has 11 heteroatoms. The van der Waals surface area contributed by atoms with Crippen molar-refractivity contribution in [3.05, 3.63) is 70.7 Å². The number of amides is 2. The van der Waals surface area contributed by atoms with Crippen molar-refractivity contribution in [3.8, 4) is 28.8 Å². The minimum atomic E-state index is -0.631. The molecule has 0 bridgehead atoms. The molecule has 3 aliphatic heterocycles. The highest BCUT2D eigenvalue weighted by atomic mass is 35.5. The summed E-state index contributed by atoms with van der Waals surface area (Å²) < 4.78 is 10.7. The van der Waals surface area contributed by atoms with Crippen molar-refractivity contribution in [1.29, 1.82) is 0 Å². The van der Waals surface area contributed by atoms with E-state index in [1.807, 2.05) is 36.1 Å². The fraction of sp³-hybridized carbons (Fsp3) is 0.364. The highest BCUT2D eigenvalue weighted by Crippen LogP contribution is 2.41. The lowest BCUT2D eigenvalue weighted by Crippen LogP contribution is -2.46. The lowest BCUT2D eigenvalue weighted by Gasteiger charge is -2.30. The van der Waals surface area contributed by atoms with Gasteiger partial charge in [-0.2, -0.15) is 0 Å². The number of methoxy groups -OCH3 is 1. The maximum absolute atomic E-state index is 13.2. The number of pyridine rings is 1. The molecule has 0 unspecified atom stereocenters. The second-order valence-electron chi connectivity index (χ2n) is 11.3. The summed E-state index contributed by atoms with van der Waals surface area (Å²) >= 11 is 6.41. The number of carbonyl (C=O) groups excluding carboxylic acids is 2. The van der Waals surface area contributed by atoms with Crippen molar-refractivity contribution in [2.45, 2.75) is 37.8 Å². The van der Waals surface area contributed by atoms with Gasteiger partial charge in [0.1, 0.15) is 5.54 Å². The molecular formula is C33H35ClN6O4. The second kappa shape index (κ2) is 12.7. The molecule has 3 aliphatic rings. The molecule has 2 aromatic heterocycles. The van der Waals surface area contributed by atoms with E-state index in [-0.39, 0.29) is 11.8 Å². The van der Waals surface area contributed by atoms with E-state index in [0.29, 0.717) is 84.3 Å². The van der Waals surface area contributed by atoms with Crippen LogP contribution in [0.5, 0.6) is 5.75 Å². The van der Waals surface area contributed by atoms with Gasteiger partial charge >= 0.3 is 0 Å². The number of para-hydroxylation sites is 1. The molecule has 2 saturated heterocycles. The summed E-state index contributed by atoms with van der Waals surface area (Å²) in [6.07, 6.45) is 9.20. The number of hydrogen-bond donors (Lipinski definition) is 4. The van der Waals surface area contributed by atoms with Crippen LogP contribution in [0.1, 0.15) is 41.4 Å². The maximum Gasteiger partial charge on any atom is 0.255 e. The molecule has 4 N–H and O–H groups in total. The monoisotopic (exact) mass is 614 g/mol. The zero-order valence-electron chi connectivity index (χ0n) is 24.8. The molecule has 3 aromatic rings. The van der Waals surface area contributed by atoms with Gasteiger partial charge < -0.3 is 35.3 Å². The number of nitrogens with one attached hydrogen (secondary N) is 4. The Morgan fingerprint density at radius 3 is 3.00 bits per heavy atom. The average Bonchev–Trinajstić information content (AvgIpc) is 3.56. The normalized spacial score (nSPS) is 19.6. The van der Waals surface area contributed by atoms with Gasteiger partial charge in [-0.3, -0.25) is 14.6 Å². The topological polar surface area (TPSA) is 121 Å². The lowest BCUT2D eigenvalue weighted by atomic mass is 9.97. The van der Waals surface area contributed by atoms with Crippen LogP contribution in [-0.4, -0.2) is 78.2 Å². The number of anilines is 2. The molecule has 6 rings (SSSR count). The number of nitrogens with zero attached hydrogens (tertiary/aromatic N) is 2. The van der Waals surface area contributed by atoms with E-state index in [4.69, 9.17) is 21.1 Å². The van der Waals surface area contributed by atoms with Crippen molar-refractivity contribution >= 4 is 34.8 Å². The summed E-state index contributed by atoms with van der Waals surface area (Å²) in [5.41, 5.74) is 4.12. The number of likely N-dealkylation sites (tertiary alicyclic amines) is 1. The average molecular weight is 615 g/mol. The molecule has 10 nitrogen and oxygen atoms in total. The fourth-order valence-corrected chi connectivity index (χ4v) is 6.11. The van der Waals surface area contributed by atoms with E-state index >= 15 is 0 Å². The predicted molar refractivity (Wildman–Crippen MR) is 169 cm³/mol. The molecule has 0 aliphatic carbocycles. The summed E-state index contributed by atoms with van der Waals surface area (Å²) in [4.78, 5) is 36.0. The van der Waals surface area contributed by atoms with Gasteiger partial charge in [-0.15, -0.1) is 0 Å². The number of carbonyl (C=O) groups is 2. The van der Waals surface area contributed by atoms with Crippen LogP contribution in [0.15, 0.2) is 48.8 Å². The highest BCUT2D eigenvalue weighted by molar-refractivity contribution is 6.32. The highest BCUT2D eigenvalue weighted by Gasteiger charge is 2.37. The van der Waals surface area contributed by atoms with Gasteiger partial charge in [-0.1, -0.05) is 35.6 Å². The van der Waals surface area contributed by atoms with Gasteiger partial charge in [0.2, 0.25) is 5.91 Å². The molecule has 0 spiro atoms. The van der Waals surface area contributed by atoms with Crippen molar-refractivity contribution in [3.63, 3.8) is 0 Å². The standard InChI is InChI=1S/C33H35ClN6O4/c1-33(12-5-17-40(33)27(41)8-4-14-36-22-19-44-20-22)13-9-21-18-35-15-10-23(21)29-30(28-25(38-29)11-16-37-32(28)42)39-26-7-3-6-24(34)31(26)43-2/h3-4,6-8,10,15,18,22,36,38-39H,5,11-12,14,16-17,19-20H2,1-2H3,(H,37,42)/b8-4+/t33-/m1/s1. The summed E-state index contributed by atoms with van der Waals surface area (Å²) in [5, 5.41) is 10.2. The molecule has 5 heterocycles. The first-order valence-corrected chi connectivity index (χ1v) is 15.1. The Labute approximate surface area is 261 Å². The molecule has 2 fully saturated rings. The summed E-state index contributed by atoms with van der Waals surface area (Å²) in [6, 6.07) is 7.65. The van der Waals surface area contributed by atoms with Gasteiger partial charge in [-0.25, -0.2) is 0 Å². The van der Waals surface area contributed by atoms with E-state index < -0.39 is 5.54 Å². The molecule has 2 amide bonds. The fourth-order valence-electron chi connectivity index (χ4n) is 5.85. The van der Waals surface area contributed by atoms with Crippen LogP contribution >= 0.6 is 11.6 Å². The zero-order chi connectivity index (χ0) is 30.7. The molecule has 1 aromatic carbocycles. The predicted octanol–water partition coefficient (Wildman–Crippen LogP) is 4.05. The van der Waals surface area contributed by atoms with E-state index in [1.165, 1.54) is 0 Å². The summed E-state index contributed by atoms with van der Waals surface area (Å²) in [7, 11) is 1.55. The lowest BCUT2D eigenvalue weighted by molar-refractivity contribution is -0.128. The largest absolute Gasteiger partial charge is 0.493 e. The number of hydrogen-bond acceptors (Lipinski definition) is 7. The van der Waals surface area contributed by atoms with Gasteiger partial charge in [0.25, 0.3) is 5.91 Å². The number of fused-ring (bicyclic) bond motifs is 1.